The van der Waals surface area contributed by atoms with Gasteiger partial charge in [-0.2, -0.15) is 0 Å². The Bertz CT molecular complexity index is 533. The van der Waals surface area contributed by atoms with Crippen molar-refractivity contribution >= 4 is 11.7 Å². The fourth-order valence-corrected chi connectivity index (χ4v) is 1.65. The molecule has 1 aromatic rings. The molecule has 0 aliphatic rings. The number of hydrogen-bond acceptors (Lipinski definition) is 5. The van der Waals surface area contributed by atoms with E-state index < -0.39 is 22.6 Å². The van der Waals surface area contributed by atoms with Crippen LogP contribution in [0.4, 0.5) is 5.69 Å². The Balaban J connectivity index is 2.92. The summed E-state index contributed by atoms with van der Waals surface area (Å²) in [7, 11) is 0. The molecule has 0 saturated carbocycles. The van der Waals surface area contributed by atoms with Gasteiger partial charge in [0.1, 0.15) is 5.60 Å². The summed E-state index contributed by atoms with van der Waals surface area (Å²) in [6, 6.07) is 4.71. The van der Waals surface area contributed by atoms with Crippen LogP contribution in [0.5, 0.6) is 5.75 Å². The number of carbonyl (C=O) groups excluding carboxylic acids is 1. The average Bonchev–Trinajstić information content (AvgIpc) is 2.36. The fraction of sp³-hybridized carbons (Fsp3) is 0.533. The number of esters is 1. The largest absolute Gasteiger partial charge is 0.472 e. The maximum absolute atomic E-state index is 11.9. The molecule has 0 heterocycles. The van der Waals surface area contributed by atoms with E-state index in [1.165, 1.54) is 19.1 Å². The van der Waals surface area contributed by atoms with Crippen molar-refractivity contribution in [3.05, 3.63) is 33.9 Å². The molecule has 0 amide bonds. The third-order valence-corrected chi connectivity index (χ3v) is 2.67. The highest BCUT2D eigenvalue weighted by Gasteiger charge is 2.25. The molecule has 0 bridgehead atoms. The topological polar surface area (TPSA) is 78.7 Å². The molecule has 0 aromatic heterocycles. The van der Waals surface area contributed by atoms with Gasteiger partial charge < -0.3 is 9.47 Å². The van der Waals surface area contributed by atoms with Crippen LogP contribution in [0.25, 0.3) is 0 Å². The van der Waals surface area contributed by atoms with Crippen LogP contribution in [0.2, 0.25) is 0 Å². The summed E-state index contributed by atoms with van der Waals surface area (Å²) in [5.74, 6) is -0.494. The molecule has 0 saturated heterocycles. The zero-order valence-electron chi connectivity index (χ0n) is 13.0. The monoisotopic (exact) mass is 295 g/mol. The smallest absolute Gasteiger partial charge is 0.347 e. The predicted molar refractivity (Wildman–Crippen MR) is 78.4 cm³/mol. The lowest BCUT2D eigenvalue weighted by Crippen LogP contribution is -2.33. The molecule has 21 heavy (non-hydrogen) atoms. The zero-order chi connectivity index (χ0) is 16.2. The first-order valence-corrected chi connectivity index (χ1v) is 6.81. The maximum Gasteiger partial charge on any atom is 0.347 e. The van der Waals surface area contributed by atoms with Crippen molar-refractivity contribution in [2.45, 2.75) is 52.7 Å². The molecule has 0 aliphatic heterocycles. The van der Waals surface area contributed by atoms with Crippen LogP contribution in [0.3, 0.4) is 0 Å². The number of nitro groups is 1. The first-order valence-electron chi connectivity index (χ1n) is 6.81. The van der Waals surface area contributed by atoms with Crippen molar-refractivity contribution in [3.63, 3.8) is 0 Å². The third kappa shape index (κ3) is 5.06. The summed E-state index contributed by atoms with van der Waals surface area (Å²) in [5.41, 5.74) is 0.0518. The van der Waals surface area contributed by atoms with Gasteiger partial charge in [0.15, 0.2) is 11.9 Å². The summed E-state index contributed by atoms with van der Waals surface area (Å²) in [6.45, 7) is 8.65. The SMILES string of the molecule is CCc1ccc(OC(C)C(=O)OC(C)(C)C)c([N+](=O)[O-])c1. The lowest BCUT2D eigenvalue weighted by molar-refractivity contribution is -0.386. The van der Waals surface area contributed by atoms with E-state index in [4.69, 9.17) is 9.47 Å². The number of aryl methyl sites for hydroxylation is 1. The van der Waals surface area contributed by atoms with Crippen molar-refractivity contribution in [1.29, 1.82) is 0 Å². The maximum atomic E-state index is 11.9. The minimum Gasteiger partial charge on any atom is -0.472 e. The van der Waals surface area contributed by atoms with Crippen molar-refractivity contribution in [3.8, 4) is 5.75 Å². The normalized spacial score (nSPS) is 12.6. The van der Waals surface area contributed by atoms with Crippen LogP contribution >= 0.6 is 0 Å². The highest BCUT2D eigenvalue weighted by molar-refractivity contribution is 5.75. The molecule has 1 unspecified atom stereocenters. The van der Waals surface area contributed by atoms with Gasteiger partial charge in [-0.1, -0.05) is 13.0 Å². The summed E-state index contributed by atoms with van der Waals surface area (Å²) >= 11 is 0. The molecular formula is C15H21NO5. The van der Waals surface area contributed by atoms with Crippen LogP contribution in [0, 0.1) is 10.1 Å². The van der Waals surface area contributed by atoms with Gasteiger partial charge in [-0.3, -0.25) is 10.1 Å². The number of benzene rings is 1. The van der Waals surface area contributed by atoms with Gasteiger partial charge in [-0.15, -0.1) is 0 Å². The first kappa shape index (κ1) is 16.9. The van der Waals surface area contributed by atoms with Gasteiger partial charge in [0, 0.05) is 6.07 Å². The molecule has 0 aliphatic carbocycles. The Morgan fingerprint density at radius 2 is 2.00 bits per heavy atom. The van der Waals surface area contributed by atoms with E-state index in [2.05, 4.69) is 0 Å². The minimum atomic E-state index is -0.921. The van der Waals surface area contributed by atoms with Crippen molar-refractivity contribution in [2.75, 3.05) is 0 Å². The molecule has 1 atom stereocenters. The molecule has 0 fully saturated rings. The van der Waals surface area contributed by atoms with E-state index >= 15 is 0 Å². The van der Waals surface area contributed by atoms with Gasteiger partial charge in [0.05, 0.1) is 4.92 Å². The first-order chi connectivity index (χ1) is 9.64. The molecule has 0 spiro atoms. The van der Waals surface area contributed by atoms with Crippen molar-refractivity contribution < 1.29 is 19.2 Å². The zero-order valence-corrected chi connectivity index (χ0v) is 13.0. The van der Waals surface area contributed by atoms with Gasteiger partial charge in [0.25, 0.3) is 0 Å². The Morgan fingerprint density at radius 3 is 2.48 bits per heavy atom. The van der Waals surface area contributed by atoms with Gasteiger partial charge in [0.2, 0.25) is 0 Å². The quantitative estimate of drug-likeness (QED) is 0.473. The molecule has 0 N–H and O–H groups in total. The van der Waals surface area contributed by atoms with Crippen LogP contribution in [0.15, 0.2) is 18.2 Å². The number of hydrogen-bond donors (Lipinski definition) is 0. The molecule has 0 radical (unpaired) electrons. The average molecular weight is 295 g/mol. The van der Waals surface area contributed by atoms with E-state index in [1.807, 2.05) is 6.92 Å². The van der Waals surface area contributed by atoms with Crippen LogP contribution < -0.4 is 4.74 Å². The standard InChI is InChI=1S/C15H21NO5/c1-6-11-7-8-13(12(9-11)16(18)19)20-10(2)14(17)21-15(3,4)5/h7-10H,6H2,1-5H3. The highest BCUT2D eigenvalue weighted by Crippen LogP contribution is 2.29. The molecule has 116 valence electrons. The molecule has 6 nitrogen and oxygen atoms in total. The van der Waals surface area contributed by atoms with Crippen LogP contribution in [-0.4, -0.2) is 22.6 Å². The van der Waals surface area contributed by atoms with Gasteiger partial charge >= 0.3 is 11.7 Å². The number of carbonyl (C=O) groups is 1. The van der Waals surface area contributed by atoms with Crippen molar-refractivity contribution in [2.24, 2.45) is 0 Å². The highest BCUT2D eigenvalue weighted by atomic mass is 16.6. The number of nitro benzene ring substituents is 1. The van der Waals surface area contributed by atoms with Crippen LogP contribution in [-0.2, 0) is 16.0 Å². The van der Waals surface area contributed by atoms with E-state index in [0.717, 1.165) is 5.56 Å². The van der Waals surface area contributed by atoms with Crippen LogP contribution in [0.1, 0.15) is 40.2 Å². The number of ether oxygens (including phenoxy) is 2. The summed E-state index contributed by atoms with van der Waals surface area (Å²) in [6.07, 6.45) is -0.238. The molecular weight excluding hydrogens is 274 g/mol. The van der Waals surface area contributed by atoms with E-state index in [9.17, 15) is 14.9 Å². The van der Waals surface area contributed by atoms with Gasteiger partial charge in [-0.25, -0.2) is 4.79 Å². The Labute approximate surface area is 124 Å². The summed E-state index contributed by atoms with van der Waals surface area (Å²) < 4.78 is 10.6. The molecule has 1 aromatic carbocycles. The van der Waals surface area contributed by atoms with Crippen molar-refractivity contribution in [1.82, 2.24) is 0 Å². The Hall–Kier alpha value is -2.11. The van der Waals surface area contributed by atoms with E-state index in [0.29, 0.717) is 6.42 Å². The second-order valence-electron chi connectivity index (χ2n) is 5.71. The minimum absolute atomic E-state index is 0.0653. The number of nitrogens with zero attached hydrogens (tertiary/aromatic N) is 1. The van der Waals surface area contributed by atoms with Gasteiger partial charge in [-0.05, 0) is 45.7 Å². The second kappa shape index (κ2) is 6.56. The molecule has 6 heteroatoms. The third-order valence-electron chi connectivity index (χ3n) is 2.67. The fourth-order valence-electron chi connectivity index (χ4n) is 1.65. The second-order valence-corrected chi connectivity index (χ2v) is 5.71. The summed E-state index contributed by atoms with van der Waals surface area (Å²) in [5, 5.41) is 11.1. The lowest BCUT2D eigenvalue weighted by Gasteiger charge is -2.22. The number of rotatable bonds is 5. The Kier molecular flexibility index (Phi) is 5.29. The molecule has 1 rings (SSSR count). The van der Waals surface area contributed by atoms with E-state index in [-0.39, 0.29) is 11.4 Å². The summed E-state index contributed by atoms with van der Waals surface area (Å²) in [4.78, 5) is 22.4. The Morgan fingerprint density at radius 1 is 1.38 bits per heavy atom. The van der Waals surface area contributed by atoms with E-state index in [1.54, 1.807) is 26.8 Å². The predicted octanol–water partition coefficient (Wildman–Crippen LogP) is 3.27. The lowest BCUT2D eigenvalue weighted by atomic mass is 10.1.